The zero-order valence-corrected chi connectivity index (χ0v) is 12.6. The maximum atomic E-state index is 13.2. The number of aryl methyl sites for hydroxylation is 1. The van der Waals surface area contributed by atoms with Crippen LogP contribution in [0.25, 0.3) is 0 Å². The summed E-state index contributed by atoms with van der Waals surface area (Å²) in [5.41, 5.74) is 1.59. The third-order valence-corrected chi connectivity index (χ3v) is 3.91. The third-order valence-electron chi connectivity index (χ3n) is 3.91. The van der Waals surface area contributed by atoms with Crippen molar-refractivity contribution >= 4 is 5.91 Å². The van der Waals surface area contributed by atoms with Crippen LogP contribution in [0.1, 0.15) is 15.9 Å². The van der Waals surface area contributed by atoms with E-state index in [0.29, 0.717) is 25.2 Å². The molecule has 0 atom stereocenters. The SMILES string of the molecule is Cn1cc(C(=O)N2CCN(Cc3cccc(F)c3)CC2)cn1. The standard InChI is InChI=1S/C16H19FN4O/c1-19-12-14(10-18-19)16(22)21-7-5-20(6-8-21)11-13-3-2-4-15(17)9-13/h2-4,9-10,12H,5-8,11H2,1H3. The summed E-state index contributed by atoms with van der Waals surface area (Å²) < 4.78 is 14.8. The van der Waals surface area contributed by atoms with Crippen molar-refractivity contribution in [2.75, 3.05) is 26.2 Å². The van der Waals surface area contributed by atoms with E-state index in [-0.39, 0.29) is 11.7 Å². The molecule has 0 N–H and O–H groups in total. The molecule has 1 aliphatic rings. The van der Waals surface area contributed by atoms with Gasteiger partial charge in [0.05, 0.1) is 11.8 Å². The number of aromatic nitrogens is 2. The van der Waals surface area contributed by atoms with Gasteiger partial charge in [-0.1, -0.05) is 12.1 Å². The Balaban J connectivity index is 1.55. The van der Waals surface area contributed by atoms with Gasteiger partial charge in [-0.3, -0.25) is 14.4 Å². The fourth-order valence-electron chi connectivity index (χ4n) is 2.72. The molecule has 2 heterocycles. The molecular weight excluding hydrogens is 283 g/mol. The van der Waals surface area contributed by atoms with Crippen molar-refractivity contribution in [3.63, 3.8) is 0 Å². The van der Waals surface area contributed by atoms with Gasteiger partial charge >= 0.3 is 0 Å². The van der Waals surface area contributed by atoms with Gasteiger partial charge in [0.15, 0.2) is 0 Å². The number of carbonyl (C=O) groups is 1. The number of hydrogen-bond donors (Lipinski definition) is 0. The first-order valence-corrected chi connectivity index (χ1v) is 7.36. The van der Waals surface area contributed by atoms with E-state index in [9.17, 15) is 9.18 Å². The largest absolute Gasteiger partial charge is 0.336 e. The molecule has 0 radical (unpaired) electrons. The minimum atomic E-state index is -0.206. The summed E-state index contributed by atoms with van der Waals surface area (Å²) in [4.78, 5) is 16.4. The van der Waals surface area contributed by atoms with Crippen LogP contribution in [0.4, 0.5) is 4.39 Å². The first kappa shape index (κ1) is 14.7. The normalized spacial score (nSPS) is 16.0. The molecule has 5 nitrogen and oxygen atoms in total. The van der Waals surface area contributed by atoms with E-state index in [4.69, 9.17) is 0 Å². The van der Waals surface area contributed by atoms with E-state index in [0.717, 1.165) is 18.7 Å². The fraction of sp³-hybridized carbons (Fsp3) is 0.375. The summed E-state index contributed by atoms with van der Waals surface area (Å²) in [6, 6.07) is 6.67. The van der Waals surface area contributed by atoms with Crippen LogP contribution in [0.3, 0.4) is 0 Å². The smallest absolute Gasteiger partial charge is 0.257 e. The van der Waals surface area contributed by atoms with Crippen molar-refractivity contribution in [1.82, 2.24) is 19.6 Å². The predicted molar refractivity (Wildman–Crippen MR) is 80.8 cm³/mol. The van der Waals surface area contributed by atoms with Crippen molar-refractivity contribution in [2.24, 2.45) is 7.05 Å². The fourth-order valence-corrected chi connectivity index (χ4v) is 2.72. The monoisotopic (exact) mass is 302 g/mol. The quantitative estimate of drug-likeness (QED) is 0.863. The molecule has 1 aliphatic heterocycles. The molecule has 0 unspecified atom stereocenters. The summed E-state index contributed by atoms with van der Waals surface area (Å²) in [7, 11) is 1.80. The molecule has 3 rings (SSSR count). The number of piperazine rings is 1. The van der Waals surface area contributed by atoms with Crippen molar-refractivity contribution < 1.29 is 9.18 Å². The van der Waals surface area contributed by atoms with Crippen LogP contribution in [-0.2, 0) is 13.6 Å². The highest BCUT2D eigenvalue weighted by atomic mass is 19.1. The van der Waals surface area contributed by atoms with E-state index < -0.39 is 0 Å². The second kappa shape index (κ2) is 6.27. The summed E-state index contributed by atoms with van der Waals surface area (Å²) >= 11 is 0. The van der Waals surface area contributed by atoms with E-state index in [1.807, 2.05) is 11.0 Å². The lowest BCUT2D eigenvalue weighted by Crippen LogP contribution is -2.48. The van der Waals surface area contributed by atoms with Crippen molar-refractivity contribution in [2.45, 2.75) is 6.54 Å². The highest BCUT2D eigenvalue weighted by molar-refractivity contribution is 5.93. The van der Waals surface area contributed by atoms with Gasteiger partial charge in [-0.25, -0.2) is 4.39 Å². The molecule has 1 fully saturated rings. The predicted octanol–water partition coefficient (Wildman–Crippen LogP) is 1.52. The Labute approximate surface area is 128 Å². The maximum Gasteiger partial charge on any atom is 0.257 e. The molecule has 6 heteroatoms. The minimum absolute atomic E-state index is 0.0264. The average molecular weight is 302 g/mol. The van der Waals surface area contributed by atoms with Crippen molar-refractivity contribution in [3.05, 3.63) is 53.6 Å². The molecule has 0 aliphatic carbocycles. The van der Waals surface area contributed by atoms with Crippen molar-refractivity contribution in [1.29, 1.82) is 0 Å². The van der Waals surface area contributed by atoms with Crippen molar-refractivity contribution in [3.8, 4) is 0 Å². The lowest BCUT2D eigenvalue weighted by molar-refractivity contribution is 0.0628. The number of nitrogens with zero attached hydrogens (tertiary/aromatic N) is 4. The van der Waals surface area contributed by atoms with Crippen LogP contribution in [-0.4, -0.2) is 51.7 Å². The average Bonchev–Trinajstić information content (AvgIpc) is 2.94. The summed E-state index contributed by atoms with van der Waals surface area (Å²) in [5, 5.41) is 4.03. The van der Waals surface area contributed by atoms with Crippen LogP contribution >= 0.6 is 0 Å². The van der Waals surface area contributed by atoms with Crippen LogP contribution in [0.5, 0.6) is 0 Å². The summed E-state index contributed by atoms with van der Waals surface area (Å²) in [6.45, 7) is 3.67. The Morgan fingerprint density at radius 3 is 2.68 bits per heavy atom. The lowest BCUT2D eigenvalue weighted by Gasteiger charge is -2.34. The van der Waals surface area contributed by atoms with Crippen LogP contribution in [0, 0.1) is 5.82 Å². The molecule has 0 saturated carbocycles. The molecule has 1 saturated heterocycles. The number of hydrogen-bond acceptors (Lipinski definition) is 3. The molecule has 22 heavy (non-hydrogen) atoms. The Bertz CT molecular complexity index is 662. The van der Waals surface area contributed by atoms with E-state index in [2.05, 4.69) is 10.00 Å². The molecule has 1 aromatic carbocycles. The third kappa shape index (κ3) is 3.33. The molecule has 116 valence electrons. The summed E-state index contributed by atoms with van der Waals surface area (Å²) in [5.74, 6) is -0.179. The number of amides is 1. The van der Waals surface area contributed by atoms with Gasteiger partial charge in [0.2, 0.25) is 0 Å². The molecular formula is C16H19FN4O. The Hall–Kier alpha value is -2.21. The molecule has 0 spiro atoms. The number of carbonyl (C=O) groups excluding carboxylic acids is 1. The Morgan fingerprint density at radius 1 is 1.27 bits per heavy atom. The number of rotatable bonds is 3. The van der Waals surface area contributed by atoms with Crippen LogP contribution in [0.15, 0.2) is 36.7 Å². The highest BCUT2D eigenvalue weighted by Crippen LogP contribution is 2.12. The van der Waals surface area contributed by atoms with E-state index >= 15 is 0 Å². The molecule has 1 amide bonds. The Kier molecular flexibility index (Phi) is 4.20. The highest BCUT2D eigenvalue weighted by Gasteiger charge is 2.22. The Morgan fingerprint density at radius 2 is 2.05 bits per heavy atom. The van der Waals surface area contributed by atoms with Gasteiger partial charge in [0.1, 0.15) is 5.82 Å². The molecule has 2 aromatic rings. The lowest BCUT2D eigenvalue weighted by atomic mass is 10.2. The van der Waals surface area contributed by atoms with Gasteiger partial charge in [-0.2, -0.15) is 5.10 Å². The van der Waals surface area contributed by atoms with Gasteiger partial charge in [0.25, 0.3) is 5.91 Å². The molecule has 1 aromatic heterocycles. The van der Waals surface area contributed by atoms with E-state index in [1.165, 1.54) is 6.07 Å². The van der Waals surface area contributed by atoms with Gasteiger partial charge in [0, 0.05) is 46.0 Å². The second-order valence-electron chi connectivity index (χ2n) is 5.60. The summed E-state index contributed by atoms with van der Waals surface area (Å²) in [6.07, 6.45) is 3.34. The topological polar surface area (TPSA) is 41.4 Å². The van der Waals surface area contributed by atoms with Crippen LogP contribution < -0.4 is 0 Å². The number of halogens is 1. The minimum Gasteiger partial charge on any atom is -0.336 e. The van der Waals surface area contributed by atoms with Gasteiger partial charge in [-0.15, -0.1) is 0 Å². The number of benzene rings is 1. The first-order valence-electron chi connectivity index (χ1n) is 7.36. The zero-order valence-electron chi connectivity index (χ0n) is 12.6. The van der Waals surface area contributed by atoms with E-state index in [1.54, 1.807) is 36.3 Å². The van der Waals surface area contributed by atoms with Gasteiger partial charge in [-0.05, 0) is 17.7 Å². The zero-order chi connectivity index (χ0) is 15.5. The second-order valence-corrected chi connectivity index (χ2v) is 5.60. The first-order chi connectivity index (χ1) is 10.6. The maximum absolute atomic E-state index is 13.2. The van der Waals surface area contributed by atoms with Crippen LogP contribution in [0.2, 0.25) is 0 Å². The molecule has 0 bridgehead atoms. The van der Waals surface area contributed by atoms with Gasteiger partial charge < -0.3 is 4.90 Å².